The van der Waals surface area contributed by atoms with Crippen molar-refractivity contribution in [2.45, 2.75) is 32.7 Å². The number of rotatable bonds is 6. The van der Waals surface area contributed by atoms with Crippen molar-refractivity contribution < 1.29 is 9.53 Å². The molecule has 0 spiro atoms. The number of hydrogen-bond acceptors (Lipinski definition) is 4. The van der Waals surface area contributed by atoms with E-state index in [4.69, 9.17) is 4.74 Å². The first kappa shape index (κ1) is 16.5. The van der Waals surface area contributed by atoms with Gasteiger partial charge in [0.2, 0.25) is 5.91 Å². The number of carbonyl (C=O) groups excluding carboxylic acids is 1. The van der Waals surface area contributed by atoms with Gasteiger partial charge >= 0.3 is 0 Å². The van der Waals surface area contributed by atoms with Crippen LogP contribution >= 0.6 is 0 Å². The Morgan fingerprint density at radius 2 is 2.17 bits per heavy atom. The van der Waals surface area contributed by atoms with Crippen molar-refractivity contribution in [3.05, 3.63) is 41.1 Å². The Morgan fingerprint density at radius 1 is 1.38 bits per heavy atom. The molecule has 1 aliphatic heterocycles. The summed E-state index contributed by atoms with van der Waals surface area (Å²) in [5, 5.41) is 10.8. The largest absolute Gasteiger partial charge is 0.494 e. The van der Waals surface area contributed by atoms with Gasteiger partial charge in [0.1, 0.15) is 11.6 Å². The average Bonchev–Trinajstić information content (AvgIpc) is 2.89. The lowest BCUT2D eigenvalue weighted by atomic mass is 10.1. The summed E-state index contributed by atoms with van der Waals surface area (Å²) in [5.41, 5.74) is 3.39. The number of nitrogens with zero attached hydrogens (tertiary/aromatic N) is 2. The van der Waals surface area contributed by atoms with Gasteiger partial charge in [0.05, 0.1) is 12.3 Å². The van der Waals surface area contributed by atoms with Crippen LogP contribution < -0.4 is 15.4 Å². The van der Waals surface area contributed by atoms with Gasteiger partial charge in [-0.05, 0) is 25.5 Å². The minimum atomic E-state index is -0.00104. The third-order valence-corrected chi connectivity index (χ3v) is 4.16. The van der Waals surface area contributed by atoms with Crippen LogP contribution in [-0.4, -0.2) is 28.8 Å². The highest BCUT2D eigenvalue weighted by Crippen LogP contribution is 2.22. The zero-order valence-electron chi connectivity index (χ0n) is 14.3. The maximum absolute atomic E-state index is 12.2. The molecule has 0 fully saturated rings. The van der Waals surface area contributed by atoms with Crippen molar-refractivity contribution in [3.8, 4) is 5.75 Å². The van der Waals surface area contributed by atoms with Gasteiger partial charge in [-0.15, -0.1) is 0 Å². The van der Waals surface area contributed by atoms with Crippen LogP contribution in [-0.2, 0) is 24.8 Å². The Labute approximate surface area is 142 Å². The lowest BCUT2D eigenvalue weighted by Crippen LogP contribution is -2.24. The fourth-order valence-electron chi connectivity index (χ4n) is 2.84. The standard InChI is InChI=1S/C18H24N4O2/c1-13-5-7-14(8-6-13)24-11-3-4-17(23)20-18-15-12-19-10-9-16(15)21-22(18)2/h5-8,19H,3-4,9-12H2,1-2H3,(H,20,23). The Morgan fingerprint density at radius 3 is 2.96 bits per heavy atom. The maximum atomic E-state index is 12.2. The van der Waals surface area contributed by atoms with Crippen molar-refractivity contribution in [2.24, 2.45) is 7.05 Å². The molecule has 0 radical (unpaired) electrons. The summed E-state index contributed by atoms with van der Waals surface area (Å²) in [4.78, 5) is 12.2. The monoisotopic (exact) mass is 328 g/mol. The van der Waals surface area contributed by atoms with Crippen molar-refractivity contribution in [1.29, 1.82) is 0 Å². The normalized spacial score (nSPS) is 13.4. The second-order valence-corrected chi connectivity index (χ2v) is 6.14. The molecule has 128 valence electrons. The number of carbonyl (C=O) groups is 1. The molecular formula is C18H24N4O2. The lowest BCUT2D eigenvalue weighted by Gasteiger charge is -2.13. The number of amides is 1. The number of aromatic nitrogens is 2. The first-order chi connectivity index (χ1) is 11.6. The van der Waals surface area contributed by atoms with Gasteiger partial charge in [-0.2, -0.15) is 5.10 Å². The van der Waals surface area contributed by atoms with Gasteiger partial charge in [-0.25, -0.2) is 0 Å². The maximum Gasteiger partial charge on any atom is 0.225 e. The summed E-state index contributed by atoms with van der Waals surface area (Å²) < 4.78 is 7.42. The number of aryl methyl sites for hydroxylation is 2. The molecule has 0 bridgehead atoms. The number of benzene rings is 1. The quantitative estimate of drug-likeness (QED) is 0.798. The summed E-state index contributed by atoms with van der Waals surface area (Å²) in [7, 11) is 1.87. The van der Waals surface area contributed by atoms with Gasteiger partial charge in [0, 0.05) is 38.5 Å². The molecule has 2 aromatic rings. The van der Waals surface area contributed by atoms with E-state index in [-0.39, 0.29) is 5.91 Å². The molecule has 6 nitrogen and oxygen atoms in total. The zero-order valence-corrected chi connectivity index (χ0v) is 14.3. The Hall–Kier alpha value is -2.34. The summed E-state index contributed by atoms with van der Waals surface area (Å²) >= 11 is 0. The highest BCUT2D eigenvalue weighted by molar-refractivity contribution is 5.90. The van der Waals surface area contributed by atoms with E-state index in [0.717, 1.165) is 42.3 Å². The van der Waals surface area contributed by atoms with E-state index >= 15 is 0 Å². The minimum Gasteiger partial charge on any atom is -0.494 e. The second kappa shape index (κ2) is 7.49. The van der Waals surface area contributed by atoms with E-state index in [1.807, 2.05) is 38.2 Å². The number of fused-ring (bicyclic) bond motifs is 1. The van der Waals surface area contributed by atoms with Crippen LogP contribution in [0.25, 0.3) is 0 Å². The van der Waals surface area contributed by atoms with Crippen LogP contribution in [0.1, 0.15) is 29.7 Å². The van der Waals surface area contributed by atoms with Gasteiger partial charge in [-0.3, -0.25) is 9.48 Å². The van der Waals surface area contributed by atoms with Crippen LogP contribution in [0.2, 0.25) is 0 Å². The van der Waals surface area contributed by atoms with E-state index in [9.17, 15) is 4.79 Å². The lowest BCUT2D eigenvalue weighted by molar-refractivity contribution is -0.116. The molecule has 1 aliphatic rings. The van der Waals surface area contributed by atoms with E-state index in [1.165, 1.54) is 5.56 Å². The van der Waals surface area contributed by atoms with Crippen LogP contribution in [0.3, 0.4) is 0 Å². The molecule has 24 heavy (non-hydrogen) atoms. The molecule has 1 aromatic carbocycles. The number of nitrogens with one attached hydrogen (secondary N) is 2. The summed E-state index contributed by atoms with van der Waals surface area (Å²) in [6.45, 7) is 4.27. The summed E-state index contributed by atoms with van der Waals surface area (Å²) in [5.74, 6) is 1.65. The van der Waals surface area contributed by atoms with Crippen molar-refractivity contribution in [1.82, 2.24) is 15.1 Å². The first-order valence-electron chi connectivity index (χ1n) is 8.38. The molecule has 1 amide bonds. The zero-order chi connectivity index (χ0) is 16.9. The molecule has 6 heteroatoms. The second-order valence-electron chi connectivity index (χ2n) is 6.14. The third-order valence-electron chi connectivity index (χ3n) is 4.16. The van der Waals surface area contributed by atoms with Crippen molar-refractivity contribution in [2.75, 3.05) is 18.5 Å². The van der Waals surface area contributed by atoms with Crippen LogP contribution in [0.15, 0.2) is 24.3 Å². The van der Waals surface area contributed by atoms with Gasteiger partial charge < -0.3 is 15.4 Å². The Kier molecular flexibility index (Phi) is 5.15. The van der Waals surface area contributed by atoms with Gasteiger partial charge in [0.15, 0.2) is 0 Å². The summed E-state index contributed by atoms with van der Waals surface area (Å²) in [6.07, 6.45) is 2.01. The smallest absolute Gasteiger partial charge is 0.225 e. The molecule has 0 saturated heterocycles. The van der Waals surface area contributed by atoms with Crippen molar-refractivity contribution >= 4 is 11.7 Å². The molecule has 0 atom stereocenters. The molecule has 1 aromatic heterocycles. The predicted molar refractivity (Wildman–Crippen MR) is 93.2 cm³/mol. The highest BCUT2D eigenvalue weighted by atomic mass is 16.5. The van der Waals surface area contributed by atoms with Crippen LogP contribution in [0.4, 0.5) is 5.82 Å². The topological polar surface area (TPSA) is 68.2 Å². The molecule has 3 rings (SSSR count). The van der Waals surface area contributed by atoms with E-state index in [2.05, 4.69) is 15.7 Å². The van der Waals surface area contributed by atoms with Crippen LogP contribution in [0, 0.1) is 6.92 Å². The number of ether oxygens (including phenoxy) is 1. The first-order valence-corrected chi connectivity index (χ1v) is 8.38. The SMILES string of the molecule is Cc1ccc(OCCCC(=O)Nc2c3c(nn2C)CCNC3)cc1. The minimum absolute atomic E-state index is 0.00104. The van der Waals surface area contributed by atoms with Crippen molar-refractivity contribution in [3.63, 3.8) is 0 Å². The fraction of sp³-hybridized carbons (Fsp3) is 0.444. The highest BCUT2D eigenvalue weighted by Gasteiger charge is 2.20. The third kappa shape index (κ3) is 3.94. The molecule has 2 N–H and O–H groups in total. The average molecular weight is 328 g/mol. The molecule has 0 unspecified atom stereocenters. The Balaban J connectivity index is 1.46. The molecular weight excluding hydrogens is 304 g/mol. The van der Waals surface area contributed by atoms with Crippen LogP contribution in [0.5, 0.6) is 5.75 Å². The van der Waals surface area contributed by atoms with E-state index < -0.39 is 0 Å². The predicted octanol–water partition coefficient (Wildman–Crippen LogP) is 2.17. The fourth-order valence-corrected chi connectivity index (χ4v) is 2.84. The number of hydrogen-bond donors (Lipinski definition) is 2. The summed E-state index contributed by atoms with van der Waals surface area (Å²) in [6, 6.07) is 7.93. The van der Waals surface area contributed by atoms with E-state index in [0.29, 0.717) is 19.4 Å². The van der Waals surface area contributed by atoms with E-state index in [1.54, 1.807) is 4.68 Å². The Bertz CT molecular complexity index is 707. The van der Waals surface area contributed by atoms with Gasteiger partial charge in [0.25, 0.3) is 0 Å². The molecule has 0 saturated carbocycles. The number of anilines is 1. The molecule has 0 aliphatic carbocycles. The molecule has 2 heterocycles. The van der Waals surface area contributed by atoms with Gasteiger partial charge in [-0.1, -0.05) is 17.7 Å².